The van der Waals surface area contributed by atoms with Crippen LogP contribution in [0.5, 0.6) is 0 Å². The van der Waals surface area contributed by atoms with E-state index < -0.39 is 0 Å². The third-order valence-electron chi connectivity index (χ3n) is 3.41. The van der Waals surface area contributed by atoms with Gasteiger partial charge in [-0.2, -0.15) is 5.26 Å². The second kappa shape index (κ2) is 6.21. The number of anilines is 1. The third-order valence-corrected chi connectivity index (χ3v) is 3.90. The number of hydrogen-bond acceptors (Lipinski definition) is 3. The average Bonchev–Trinajstić information content (AvgIpc) is 2.37. The van der Waals surface area contributed by atoms with Crippen LogP contribution in [0.15, 0.2) is 22.7 Å². The quantitative estimate of drug-likeness (QED) is 0.933. The Morgan fingerprint density at radius 2 is 2.39 bits per heavy atom. The Kier molecular flexibility index (Phi) is 4.62. The number of rotatable bonds is 3. The van der Waals surface area contributed by atoms with Gasteiger partial charge >= 0.3 is 0 Å². The van der Waals surface area contributed by atoms with Crippen LogP contribution in [0.1, 0.15) is 18.4 Å². The van der Waals surface area contributed by atoms with E-state index in [0.717, 1.165) is 23.2 Å². The molecule has 0 radical (unpaired) electrons. The van der Waals surface area contributed by atoms with Crippen molar-refractivity contribution < 1.29 is 0 Å². The van der Waals surface area contributed by atoms with E-state index in [1.807, 2.05) is 18.2 Å². The highest BCUT2D eigenvalue weighted by Gasteiger charge is 2.17. The summed E-state index contributed by atoms with van der Waals surface area (Å²) in [5, 5.41) is 12.5. The molecule has 1 aliphatic rings. The first-order valence-electron chi connectivity index (χ1n) is 6.31. The molecule has 1 aromatic carbocycles. The van der Waals surface area contributed by atoms with E-state index in [-0.39, 0.29) is 0 Å². The standard InChI is InChI=1S/C14H18BrN3/c1-18-6-2-3-11(10-18)9-17-14-7-13(15)5-4-12(14)8-16/h4-5,7,11,17H,2-3,6,9-10H2,1H3. The van der Waals surface area contributed by atoms with Crippen molar-refractivity contribution in [2.75, 3.05) is 32.0 Å². The molecule has 0 amide bonds. The van der Waals surface area contributed by atoms with E-state index in [0.29, 0.717) is 11.5 Å². The smallest absolute Gasteiger partial charge is 0.101 e. The van der Waals surface area contributed by atoms with E-state index in [4.69, 9.17) is 5.26 Å². The first-order chi connectivity index (χ1) is 8.69. The Hall–Kier alpha value is -1.05. The molecule has 1 fully saturated rings. The summed E-state index contributed by atoms with van der Waals surface area (Å²) in [6.07, 6.45) is 2.54. The molecule has 0 aliphatic carbocycles. The summed E-state index contributed by atoms with van der Waals surface area (Å²) in [6.45, 7) is 3.29. The molecule has 0 aromatic heterocycles. The number of halogens is 1. The van der Waals surface area contributed by atoms with Gasteiger partial charge in [-0.15, -0.1) is 0 Å². The molecule has 4 heteroatoms. The highest BCUT2D eigenvalue weighted by Crippen LogP contribution is 2.22. The van der Waals surface area contributed by atoms with E-state index >= 15 is 0 Å². The maximum absolute atomic E-state index is 9.07. The van der Waals surface area contributed by atoms with Crippen molar-refractivity contribution in [3.05, 3.63) is 28.2 Å². The number of nitriles is 1. The van der Waals surface area contributed by atoms with Gasteiger partial charge in [0.05, 0.1) is 11.3 Å². The lowest BCUT2D eigenvalue weighted by Crippen LogP contribution is -2.35. The zero-order valence-corrected chi connectivity index (χ0v) is 12.2. The minimum atomic E-state index is 0.675. The minimum Gasteiger partial charge on any atom is -0.384 e. The molecule has 18 heavy (non-hydrogen) atoms. The maximum atomic E-state index is 9.07. The second-order valence-electron chi connectivity index (χ2n) is 4.95. The number of benzene rings is 1. The van der Waals surface area contributed by atoms with Gasteiger partial charge in [0, 0.05) is 17.6 Å². The van der Waals surface area contributed by atoms with Gasteiger partial charge in [0.25, 0.3) is 0 Å². The Morgan fingerprint density at radius 1 is 1.56 bits per heavy atom. The van der Waals surface area contributed by atoms with Crippen LogP contribution >= 0.6 is 15.9 Å². The van der Waals surface area contributed by atoms with Gasteiger partial charge in [-0.05, 0) is 50.6 Å². The van der Waals surface area contributed by atoms with Gasteiger partial charge in [-0.25, -0.2) is 0 Å². The zero-order chi connectivity index (χ0) is 13.0. The fourth-order valence-corrected chi connectivity index (χ4v) is 2.82. The number of nitrogens with one attached hydrogen (secondary N) is 1. The van der Waals surface area contributed by atoms with Gasteiger partial charge in [-0.1, -0.05) is 15.9 Å². The third kappa shape index (κ3) is 3.47. The molecule has 0 bridgehead atoms. The van der Waals surface area contributed by atoms with Gasteiger partial charge < -0.3 is 10.2 Å². The van der Waals surface area contributed by atoms with Crippen LogP contribution in [0, 0.1) is 17.2 Å². The van der Waals surface area contributed by atoms with Crippen molar-refractivity contribution in [2.24, 2.45) is 5.92 Å². The summed E-state index contributed by atoms with van der Waals surface area (Å²) in [7, 11) is 2.17. The lowest BCUT2D eigenvalue weighted by atomic mass is 9.98. The molecule has 1 unspecified atom stereocenters. The first kappa shape index (κ1) is 13.4. The van der Waals surface area contributed by atoms with Crippen molar-refractivity contribution in [1.29, 1.82) is 5.26 Å². The van der Waals surface area contributed by atoms with Crippen molar-refractivity contribution in [3.63, 3.8) is 0 Å². The fraction of sp³-hybridized carbons (Fsp3) is 0.500. The van der Waals surface area contributed by atoms with Crippen molar-refractivity contribution in [2.45, 2.75) is 12.8 Å². The lowest BCUT2D eigenvalue weighted by molar-refractivity contribution is 0.217. The Morgan fingerprint density at radius 3 is 3.11 bits per heavy atom. The normalized spacial score (nSPS) is 20.4. The molecule has 1 heterocycles. The molecular weight excluding hydrogens is 290 g/mol. The summed E-state index contributed by atoms with van der Waals surface area (Å²) in [4.78, 5) is 2.38. The molecule has 0 saturated carbocycles. The van der Waals surface area contributed by atoms with Crippen LogP contribution in [0.25, 0.3) is 0 Å². The molecule has 1 N–H and O–H groups in total. The van der Waals surface area contributed by atoms with Crippen molar-refractivity contribution in [1.82, 2.24) is 4.90 Å². The Labute approximate surface area is 117 Å². The lowest BCUT2D eigenvalue weighted by Gasteiger charge is -2.30. The van der Waals surface area contributed by atoms with Crippen LogP contribution in [0.2, 0.25) is 0 Å². The second-order valence-corrected chi connectivity index (χ2v) is 5.87. The Bertz CT molecular complexity index is 453. The highest BCUT2D eigenvalue weighted by atomic mass is 79.9. The van der Waals surface area contributed by atoms with E-state index in [1.165, 1.54) is 19.4 Å². The van der Waals surface area contributed by atoms with E-state index in [1.54, 1.807) is 0 Å². The monoisotopic (exact) mass is 307 g/mol. The predicted octanol–water partition coefficient (Wildman–Crippen LogP) is 3.07. The number of hydrogen-bond donors (Lipinski definition) is 1. The Balaban J connectivity index is 1.97. The molecule has 0 spiro atoms. The van der Waals surface area contributed by atoms with Gasteiger partial charge in [0.1, 0.15) is 6.07 Å². The van der Waals surface area contributed by atoms with Crippen molar-refractivity contribution in [3.8, 4) is 6.07 Å². The molecule has 2 rings (SSSR count). The predicted molar refractivity (Wildman–Crippen MR) is 77.6 cm³/mol. The van der Waals surface area contributed by atoms with Crippen LogP contribution in [0.4, 0.5) is 5.69 Å². The van der Waals surface area contributed by atoms with E-state index in [9.17, 15) is 0 Å². The average molecular weight is 308 g/mol. The first-order valence-corrected chi connectivity index (χ1v) is 7.10. The SMILES string of the molecule is CN1CCCC(CNc2cc(Br)ccc2C#N)C1. The summed E-state index contributed by atoms with van der Waals surface area (Å²) < 4.78 is 1.00. The topological polar surface area (TPSA) is 39.1 Å². The molecule has 1 aliphatic heterocycles. The highest BCUT2D eigenvalue weighted by molar-refractivity contribution is 9.10. The van der Waals surface area contributed by atoms with Gasteiger partial charge in [0.15, 0.2) is 0 Å². The number of piperidine rings is 1. The summed E-state index contributed by atoms with van der Waals surface area (Å²) >= 11 is 3.44. The minimum absolute atomic E-state index is 0.675. The fourth-order valence-electron chi connectivity index (χ4n) is 2.45. The molecule has 1 aromatic rings. The molecule has 1 saturated heterocycles. The van der Waals surface area contributed by atoms with E-state index in [2.05, 4.69) is 39.3 Å². The molecule has 1 atom stereocenters. The van der Waals surface area contributed by atoms with Crippen LogP contribution < -0.4 is 5.32 Å². The largest absolute Gasteiger partial charge is 0.384 e. The molecular formula is C14H18BrN3. The summed E-state index contributed by atoms with van der Waals surface area (Å²) in [5.41, 5.74) is 1.64. The van der Waals surface area contributed by atoms with Crippen LogP contribution in [-0.2, 0) is 0 Å². The van der Waals surface area contributed by atoms with Crippen LogP contribution in [-0.4, -0.2) is 31.6 Å². The molecule has 96 valence electrons. The number of likely N-dealkylation sites (tertiary alicyclic amines) is 1. The van der Waals surface area contributed by atoms with Crippen LogP contribution in [0.3, 0.4) is 0 Å². The van der Waals surface area contributed by atoms with Gasteiger partial charge in [0.2, 0.25) is 0 Å². The zero-order valence-electron chi connectivity index (χ0n) is 10.6. The molecule has 3 nitrogen and oxygen atoms in total. The summed E-state index contributed by atoms with van der Waals surface area (Å²) in [6, 6.07) is 7.95. The maximum Gasteiger partial charge on any atom is 0.101 e. The van der Waals surface area contributed by atoms with Crippen molar-refractivity contribution >= 4 is 21.6 Å². The van der Waals surface area contributed by atoms with Gasteiger partial charge in [-0.3, -0.25) is 0 Å². The number of nitrogens with zero attached hydrogens (tertiary/aromatic N) is 2. The summed E-state index contributed by atoms with van der Waals surface area (Å²) in [5.74, 6) is 0.675.